The molecule has 1 atom stereocenters. The molecule has 1 aliphatic rings. The number of aromatic nitrogens is 1. The Morgan fingerprint density at radius 1 is 1.38 bits per heavy atom. The lowest BCUT2D eigenvalue weighted by molar-refractivity contribution is -0.136. The molecule has 2 aromatic rings. The molecule has 1 fully saturated rings. The molecule has 0 aliphatic carbocycles. The number of rotatable bonds is 4. The predicted molar refractivity (Wildman–Crippen MR) is 98.4 cm³/mol. The Morgan fingerprint density at radius 2 is 2.25 bits per heavy atom. The van der Waals surface area contributed by atoms with Crippen LogP contribution in [0.15, 0.2) is 53.3 Å². The van der Waals surface area contributed by atoms with E-state index in [1.807, 2.05) is 47.5 Å². The Morgan fingerprint density at radius 3 is 3.00 bits per heavy atom. The zero-order chi connectivity index (χ0) is 16.1. The number of hydrogen-bond acceptors (Lipinski definition) is 4. The van der Waals surface area contributed by atoms with Gasteiger partial charge in [-0.3, -0.25) is 9.78 Å². The van der Waals surface area contributed by atoms with Crippen LogP contribution >= 0.6 is 28.3 Å². The van der Waals surface area contributed by atoms with Gasteiger partial charge in [-0.25, -0.2) is 0 Å². The topological polar surface area (TPSA) is 54.5 Å². The Labute approximate surface area is 155 Å². The average molecular weight is 413 g/mol. The van der Waals surface area contributed by atoms with Crippen LogP contribution in [0.1, 0.15) is 11.6 Å². The third-order valence-corrected chi connectivity index (χ3v) is 4.28. The largest absolute Gasteiger partial charge is 0.484 e. The van der Waals surface area contributed by atoms with Gasteiger partial charge in [-0.15, -0.1) is 12.4 Å². The molecule has 0 radical (unpaired) electrons. The van der Waals surface area contributed by atoms with Crippen LogP contribution in [0.25, 0.3) is 0 Å². The van der Waals surface area contributed by atoms with Crippen LogP contribution in [0.3, 0.4) is 0 Å². The number of pyridine rings is 1. The van der Waals surface area contributed by atoms with Crippen LogP contribution in [0.5, 0.6) is 5.75 Å². The minimum atomic E-state index is -0.0136. The molecule has 5 nitrogen and oxygen atoms in total. The molecule has 128 valence electrons. The Bertz CT molecular complexity index is 672. The Hall–Kier alpha value is -1.63. The van der Waals surface area contributed by atoms with Crippen LogP contribution < -0.4 is 10.1 Å². The molecule has 1 amide bonds. The molecule has 2 heterocycles. The van der Waals surface area contributed by atoms with Gasteiger partial charge in [0.05, 0.1) is 6.04 Å². The summed E-state index contributed by atoms with van der Waals surface area (Å²) in [6.45, 7) is 2.22. The molecule has 0 bridgehead atoms. The first-order valence-corrected chi connectivity index (χ1v) is 8.32. The molecule has 24 heavy (non-hydrogen) atoms. The van der Waals surface area contributed by atoms with E-state index in [0.717, 1.165) is 23.1 Å². The maximum absolute atomic E-state index is 12.6. The molecule has 0 spiro atoms. The maximum atomic E-state index is 12.6. The minimum Gasteiger partial charge on any atom is -0.484 e. The quantitative estimate of drug-likeness (QED) is 0.839. The van der Waals surface area contributed by atoms with E-state index in [-0.39, 0.29) is 31.0 Å². The van der Waals surface area contributed by atoms with E-state index in [1.54, 1.807) is 6.20 Å². The molecular formula is C17H19BrClN3O2. The summed E-state index contributed by atoms with van der Waals surface area (Å²) < 4.78 is 6.56. The summed E-state index contributed by atoms with van der Waals surface area (Å²) in [4.78, 5) is 18.6. The van der Waals surface area contributed by atoms with E-state index in [1.165, 1.54) is 0 Å². The molecule has 1 saturated heterocycles. The smallest absolute Gasteiger partial charge is 0.261 e. The fourth-order valence-corrected chi connectivity index (χ4v) is 3.04. The van der Waals surface area contributed by atoms with E-state index < -0.39 is 0 Å². The van der Waals surface area contributed by atoms with E-state index in [2.05, 4.69) is 26.2 Å². The fraction of sp³-hybridized carbons (Fsp3) is 0.294. The summed E-state index contributed by atoms with van der Waals surface area (Å²) in [5.41, 5.74) is 1.04. The SMILES string of the molecule is Cl.O=C(COc1cccc(Br)c1)N1CCNCC1c1cccnc1. The highest BCUT2D eigenvalue weighted by Crippen LogP contribution is 2.22. The molecular weight excluding hydrogens is 394 g/mol. The first-order valence-electron chi connectivity index (χ1n) is 7.52. The van der Waals surface area contributed by atoms with Crippen LogP contribution in [0.2, 0.25) is 0 Å². The van der Waals surface area contributed by atoms with Gasteiger partial charge in [0.2, 0.25) is 0 Å². The molecule has 1 aromatic heterocycles. The van der Waals surface area contributed by atoms with Gasteiger partial charge in [0.25, 0.3) is 5.91 Å². The fourth-order valence-electron chi connectivity index (χ4n) is 2.66. The lowest BCUT2D eigenvalue weighted by Gasteiger charge is -2.36. The van der Waals surface area contributed by atoms with E-state index >= 15 is 0 Å². The first-order chi connectivity index (χ1) is 11.2. The number of nitrogens with one attached hydrogen (secondary N) is 1. The van der Waals surface area contributed by atoms with Gasteiger partial charge in [0, 0.05) is 36.5 Å². The third kappa shape index (κ3) is 4.69. The summed E-state index contributed by atoms with van der Waals surface area (Å²) in [6.07, 6.45) is 3.55. The lowest BCUT2D eigenvalue weighted by Crippen LogP contribution is -2.50. The number of amides is 1. The highest BCUT2D eigenvalue weighted by molar-refractivity contribution is 9.10. The monoisotopic (exact) mass is 411 g/mol. The summed E-state index contributed by atoms with van der Waals surface area (Å²) in [5.74, 6) is 0.668. The van der Waals surface area contributed by atoms with Crippen molar-refractivity contribution in [1.29, 1.82) is 0 Å². The second-order valence-electron chi connectivity index (χ2n) is 5.34. The maximum Gasteiger partial charge on any atom is 0.261 e. The summed E-state index contributed by atoms with van der Waals surface area (Å²) in [7, 11) is 0. The number of hydrogen-bond donors (Lipinski definition) is 1. The number of nitrogens with zero attached hydrogens (tertiary/aromatic N) is 2. The van der Waals surface area contributed by atoms with Crippen LogP contribution in [-0.4, -0.2) is 42.0 Å². The van der Waals surface area contributed by atoms with Gasteiger partial charge < -0.3 is 15.0 Å². The number of carbonyl (C=O) groups is 1. The minimum absolute atomic E-state index is 0. The zero-order valence-electron chi connectivity index (χ0n) is 13.0. The molecule has 1 N–H and O–H groups in total. The van der Waals surface area contributed by atoms with Crippen LogP contribution in [-0.2, 0) is 4.79 Å². The first kappa shape index (κ1) is 18.7. The van der Waals surface area contributed by atoms with Gasteiger partial charge in [0.1, 0.15) is 5.75 Å². The van der Waals surface area contributed by atoms with Crippen molar-refractivity contribution in [1.82, 2.24) is 15.2 Å². The molecule has 1 aliphatic heterocycles. The standard InChI is InChI=1S/C17H18BrN3O2.ClH/c18-14-4-1-5-15(9-14)23-12-17(22)21-8-7-20-11-16(21)13-3-2-6-19-10-13;/h1-6,9-10,16,20H,7-8,11-12H2;1H. The van der Waals surface area contributed by atoms with Crippen molar-refractivity contribution < 1.29 is 9.53 Å². The van der Waals surface area contributed by atoms with Crippen molar-refractivity contribution in [3.05, 3.63) is 58.8 Å². The van der Waals surface area contributed by atoms with Gasteiger partial charge >= 0.3 is 0 Å². The van der Waals surface area contributed by atoms with Crippen LogP contribution in [0.4, 0.5) is 0 Å². The molecule has 3 rings (SSSR count). The number of piperazine rings is 1. The van der Waals surface area contributed by atoms with Crippen molar-refractivity contribution in [3.63, 3.8) is 0 Å². The highest BCUT2D eigenvalue weighted by atomic mass is 79.9. The number of halogens is 2. The number of benzene rings is 1. The number of carbonyl (C=O) groups excluding carboxylic acids is 1. The van der Waals surface area contributed by atoms with Crippen molar-refractivity contribution in [2.45, 2.75) is 6.04 Å². The van der Waals surface area contributed by atoms with Gasteiger partial charge in [-0.05, 0) is 29.8 Å². The summed E-state index contributed by atoms with van der Waals surface area (Å²) >= 11 is 3.40. The normalized spacial score (nSPS) is 17.0. The third-order valence-electron chi connectivity index (χ3n) is 3.79. The number of ether oxygens (including phenoxy) is 1. The average Bonchev–Trinajstić information content (AvgIpc) is 2.60. The molecule has 0 saturated carbocycles. The molecule has 1 aromatic carbocycles. The Kier molecular flexibility index (Phi) is 7.02. The second-order valence-corrected chi connectivity index (χ2v) is 6.26. The van der Waals surface area contributed by atoms with E-state index in [9.17, 15) is 4.79 Å². The van der Waals surface area contributed by atoms with E-state index in [4.69, 9.17) is 4.74 Å². The lowest BCUT2D eigenvalue weighted by atomic mass is 10.1. The van der Waals surface area contributed by atoms with Gasteiger partial charge in [-0.1, -0.05) is 28.1 Å². The summed E-state index contributed by atoms with van der Waals surface area (Å²) in [6, 6.07) is 11.4. The van der Waals surface area contributed by atoms with Crippen LogP contribution in [0, 0.1) is 0 Å². The molecule has 7 heteroatoms. The van der Waals surface area contributed by atoms with Crippen molar-refractivity contribution in [2.24, 2.45) is 0 Å². The van der Waals surface area contributed by atoms with Crippen molar-refractivity contribution in [2.75, 3.05) is 26.2 Å². The van der Waals surface area contributed by atoms with Gasteiger partial charge in [-0.2, -0.15) is 0 Å². The van der Waals surface area contributed by atoms with Crippen molar-refractivity contribution >= 4 is 34.2 Å². The van der Waals surface area contributed by atoms with Crippen molar-refractivity contribution in [3.8, 4) is 5.75 Å². The zero-order valence-corrected chi connectivity index (χ0v) is 15.4. The second kappa shape index (κ2) is 9.01. The Balaban J connectivity index is 0.00000208. The molecule has 1 unspecified atom stereocenters. The van der Waals surface area contributed by atoms with Gasteiger partial charge in [0.15, 0.2) is 6.61 Å². The highest BCUT2D eigenvalue weighted by Gasteiger charge is 2.28. The predicted octanol–water partition coefficient (Wildman–Crippen LogP) is 2.82. The summed E-state index contributed by atoms with van der Waals surface area (Å²) in [5, 5.41) is 3.33. The van der Waals surface area contributed by atoms with E-state index in [0.29, 0.717) is 12.3 Å².